The van der Waals surface area contributed by atoms with E-state index in [9.17, 15) is 13.8 Å². The molecule has 2 unspecified atom stereocenters. The van der Waals surface area contributed by atoms with Crippen LogP contribution >= 0.6 is 0 Å². The van der Waals surface area contributed by atoms with E-state index >= 15 is 0 Å². The second-order valence-electron chi connectivity index (χ2n) is 3.91. The maximum absolute atomic E-state index is 11.5. The summed E-state index contributed by atoms with van der Waals surface area (Å²) in [7, 11) is -1.01. The van der Waals surface area contributed by atoms with Gasteiger partial charge in [0, 0.05) is 28.9 Å². The highest BCUT2D eigenvalue weighted by Gasteiger charge is 2.56. The summed E-state index contributed by atoms with van der Waals surface area (Å²) >= 11 is 0. The van der Waals surface area contributed by atoms with Crippen LogP contribution < -0.4 is 5.32 Å². The average molecular weight is 233 g/mol. The zero-order valence-corrected chi connectivity index (χ0v) is 9.60. The summed E-state index contributed by atoms with van der Waals surface area (Å²) in [6.07, 6.45) is 2.36. The summed E-state index contributed by atoms with van der Waals surface area (Å²) in [6, 6.07) is 0. The Morgan fingerprint density at radius 3 is 2.40 bits per heavy atom. The number of rotatable bonds is 5. The molecular weight excluding hydrogens is 218 g/mol. The molecule has 0 aromatic heterocycles. The molecule has 1 amide bonds. The standard InChI is InChI=1S/C9H15NO4S/c1-6(15(2)14)5-10-7(11)9(3-4-9)8(12)13/h6H,3-5H2,1-2H3,(H,10,11)(H,12,13). The third-order valence-electron chi connectivity index (χ3n) is 2.71. The summed E-state index contributed by atoms with van der Waals surface area (Å²) in [5.74, 6) is -1.52. The van der Waals surface area contributed by atoms with E-state index in [0.29, 0.717) is 12.8 Å². The fourth-order valence-corrected chi connectivity index (χ4v) is 1.50. The van der Waals surface area contributed by atoms with Crippen LogP contribution in [0, 0.1) is 5.41 Å². The number of aliphatic carboxylic acids is 1. The van der Waals surface area contributed by atoms with Crippen LogP contribution in [0.2, 0.25) is 0 Å². The van der Waals surface area contributed by atoms with Gasteiger partial charge in [0.25, 0.3) is 0 Å². The Labute approximate surface area is 90.7 Å². The highest BCUT2D eigenvalue weighted by atomic mass is 32.2. The number of carboxylic acid groups (broad SMARTS) is 1. The third-order valence-corrected chi connectivity index (χ3v) is 4.01. The van der Waals surface area contributed by atoms with Crippen LogP contribution in [0.25, 0.3) is 0 Å². The second kappa shape index (κ2) is 4.30. The van der Waals surface area contributed by atoms with Crippen molar-refractivity contribution < 1.29 is 18.9 Å². The minimum Gasteiger partial charge on any atom is -0.480 e. The van der Waals surface area contributed by atoms with Crippen LogP contribution in [0.5, 0.6) is 0 Å². The minimum absolute atomic E-state index is 0.154. The SMILES string of the molecule is CC(CNC(=O)C1(C(=O)O)CC1)S(C)=O. The maximum atomic E-state index is 11.5. The number of hydrogen-bond acceptors (Lipinski definition) is 3. The largest absolute Gasteiger partial charge is 0.480 e. The topological polar surface area (TPSA) is 83.5 Å². The van der Waals surface area contributed by atoms with Gasteiger partial charge < -0.3 is 10.4 Å². The molecule has 6 heteroatoms. The minimum atomic E-state index is -1.20. The van der Waals surface area contributed by atoms with Crippen molar-refractivity contribution in [3.8, 4) is 0 Å². The second-order valence-corrected chi connectivity index (χ2v) is 5.71. The first-order valence-corrected chi connectivity index (χ1v) is 6.36. The zero-order valence-electron chi connectivity index (χ0n) is 8.78. The van der Waals surface area contributed by atoms with Gasteiger partial charge in [0.15, 0.2) is 0 Å². The molecule has 15 heavy (non-hydrogen) atoms. The van der Waals surface area contributed by atoms with Crippen molar-refractivity contribution in [3.63, 3.8) is 0 Å². The quantitative estimate of drug-likeness (QED) is 0.640. The van der Waals surface area contributed by atoms with Gasteiger partial charge in [0.2, 0.25) is 5.91 Å². The summed E-state index contributed by atoms with van der Waals surface area (Å²) in [5, 5.41) is 11.2. The Bertz CT molecular complexity index is 311. The molecule has 1 rings (SSSR count). The lowest BCUT2D eigenvalue weighted by atomic mass is 10.1. The maximum Gasteiger partial charge on any atom is 0.319 e. The highest BCUT2D eigenvalue weighted by Crippen LogP contribution is 2.45. The lowest BCUT2D eigenvalue weighted by Gasteiger charge is -2.13. The lowest BCUT2D eigenvalue weighted by molar-refractivity contribution is -0.149. The predicted octanol–water partition coefficient (Wildman–Crippen LogP) is -0.266. The van der Waals surface area contributed by atoms with Crippen molar-refractivity contribution in [2.75, 3.05) is 12.8 Å². The number of hydrogen-bond donors (Lipinski definition) is 2. The fourth-order valence-electron chi connectivity index (χ4n) is 1.19. The third kappa shape index (κ3) is 2.56. The van der Waals surface area contributed by atoms with E-state index in [1.54, 1.807) is 13.2 Å². The summed E-state index contributed by atoms with van der Waals surface area (Å²) in [4.78, 5) is 22.3. The van der Waals surface area contributed by atoms with E-state index in [1.807, 2.05) is 0 Å². The van der Waals surface area contributed by atoms with Crippen molar-refractivity contribution in [2.45, 2.75) is 25.0 Å². The molecule has 0 aromatic carbocycles. The van der Waals surface area contributed by atoms with Gasteiger partial charge >= 0.3 is 5.97 Å². The van der Waals surface area contributed by atoms with Gasteiger partial charge in [-0.1, -0.05) is 0 Å². The van der Waals surface area contributed by atoms with Gasteiger partial charge in [0.05, 0.1) is 0 Å². The number of carbonyl (C=O) groups excluding carboxylic acids is 1. The van der Waals surface area contributed by atoms with Crippen LogP contribution in [0.4, 0.5) is 0 Å². The normalized spacial score (nSPS) is 21.5. The molecule has 2 atom stereocenters. The average Bonchev–Trinajstić information content (AvgIpc) is 2.93. The molecule has 1 fully saturated rings. The van der Waals surface area contributed by atoms with Gasteiger partial charge in [0.1, 0.15) is 5.41 Å². The Balaban J connectivity index is 2.44. The first-order chi connectivity index (χ1) is 6.90. The molecule has 5 nitrogen and oxygen atoms in total. The Hall–Kier alpha value is -0.910. The Kier molecular flexibility index (Phi) is 3.49. The van der Waals surface area contributed by atoms with E-state index < -0.39 is 28.1 Å². The number of amides is 1. The Morgan fingerprint density at radius 1 is 1.53 bits per heavy atom. The summed E-state index contributed by atoms with van der Waals surface area (Å²) in [6.45, 7) is 2.01. The molecular formula is C9H15NO4S. The molecule has 0 aliphatic heterocycles. The molecule has 0 saturated heterocycles. The fraction of sp³-hybridized carbons (Fsp3) is 0.778. The lowest BCUT2D eigenvalue weighted by Crippen LogP contribution is -2.40. The van der Waals surface area contributed by atoms with Crippen molar-refractivity contribution in [1.82, 2.24) is 5.32 Å². The molecule has 2 N–H and O–H groups in total. The molecule has 0 spiro atoms. The van der Waals surface area contributed by atoms with Crippen molar-refractivity contribution in [1.29, 1.82) is 0 Å². The number of carbonyl (C=O) groups is 2. The Morgan fingerprint density at radius 2 is 2.07 bits per heavy atom. The van der Waals surface area contributed by atoms with Gasteiger partial charge in [-0.05, 0) is 19.8 Å². The van der Waals surface area contributed by atoms with Crippen LogP contribution in [-0.4, -0.2) is 39.2 Å². The predicted molar refractivity (Wildman–Crippen MR) is 55.8 cm³/mol. The monoisotopic (exact) mass is 233 g/mol. The van der Waals surface area contributed by atoms with E-state index in [4.69, 9.17) is 5.11 Å². The van der Waals surface area contributed by atoms with Crippen LogP contribution in [-0.2, 0) is 20.4 Å². The zero-order chi connectivity index (χ0) is 11.6. The van der Waals surface area contributed by atoms with Crippen molar-refractivity contribution >= 4 is 22.7 Å². The van der Waals surface area contributed by atoms with Crippen molar-refractivity contribution in [2.24, 2.45) is 5.41 Å². The number of nitrogens with one attached hydrogen (secondary N) is 1. The first kappa shape index (κ1) is 12.2. The molecule has 0 aromatic rings. The van der Waals surface area contributed by atoms with Gasteiger partial charge in [-0.15, -0.1) is 0 Å². The van der Waals surface area contributed by atoms with E-state index in [0.717, 1.165) is 0 Å². The van der Waals surface area contributed by atoms with E-state index in [1.165, 1.54) is 0 Å². The summed E-state index contributed by atoms with van der Waals surface area (Å²) in [5.41, 5.74) is -1.20. The molecule has 0 bridgehead atoms. The highest BCUT2D eigenvalue weighted by molar-refractivity contribution is 7.84. The molecule has 1 aliphatic rings. The number of carboxylic acids is 1. The molecule has 1 saturated carbocycles. The molecule has 86 valence electrons. The smallest absolute Gasteiger partial charge is 0.319 e. The van der Waals surface area contributed by atoms with Crippen LogP contribution in [0.15, 0.2) is 0 Å². The van der Waals surface area contributed by atoms with Crippen molar-refractivity contribution in [3.05, 3.63) is 0 Å². The van der Waals surface area contributed by atoms with Gasteiger partial charge in [-0.25, -0.2) is 0 Å². The molecule has 0 heterocycles. The van der Waals surface area contributed by atoms with Gasteiger partial charge in [-0.2, -0.15) is 0 Å². The molecule has 1 aliphatic carbocycles. The van der Waals surface area contributed by atoms with E-state index in [2.05, 4.69) is 5.32 Å². The van der Waals surface area contributed by atoms with Crippen LogP contribution in [0.1, 0.15) is 19.8 Å². The molecule has 0 radical (unpaired) electrons. The first-order valence-electron chi connectivity index (χ1n) is 4.74. The van der Waals surface area contributed by atoms with Crippen LogP contribution in [0.3, 0.4) is 0 Å². The van der Waals surface area contributed by atoms with E-state index in [-0.39, 0.29) is 11.8 Å². The van der Waals surface area contributed by atoms with Gasteiger partial charge in [-0.3, -0.25) is 13.8 Å². The summed E-state index contributed by atoms with van der Waals surface area (Å²) < 4.78 is 11.0.